The minimum Gasteiger partial charge on any atom is -0.355 e. The highest BCUT2D eigenvalue weighted by Crippen LogP contribution is 2.23. The van der Waals surface area contributed by atoms with E-state index in [1.165, 1.54) is 11.1 Å². The highest BCUT2D eigenvalue weighted by Gasteiger charge is 2.24. The van der Waals surface area contributed by atoms with Crippen molar-refractivity contribution in [1.29, 1.82) is 5.26 Å². The zero-order chi connectivity index (χ0) is 23.0. The molecule has 0 bridgehead atoms. The number of benzene rings is 2. The first-order chi connectivity index (χ1) is 16.2. The van der Waals surface area contributed by atoms with E-state index in [-0.39, 0.29) is 0 Å². The number of nitrogens with one attached hydrogen (secondary N) is 2. The largest absolute Gasteiger partial charge is 0.355 e. The molecule has 1 aliphatic rings. The molecule has 3 aromatic rings. The average Bonchev–Trinajstić information content (AvgIpc) is 3.32. The summed E-state index contributed by atoms with van der Waals surface area (Å²) in [7, 11) is 0. The molecule has 6 heteroatoms. The second-order valence-corrected chi connectivity index (χ2v) is 8.59. The van der Waals surface area contributed by atoms with Crippen LogP contribution in [0, 0.1) is 11.3 Å². The maximum Gasteiger partial charge on any atom is 0.229 e. The number of aromatic nitrogens is 2. The van der Waals surface area contributed by atoms with E-state index in [0.29, 0.717) is 17.6 Å². The van der Waals surface area contributed by atoms with Crippen molar-refractivity contribution < 1.29 is 0 Å². The smallest absolute Gasteiger partial charge is 0.229 e. The van der Waals surface area contributed by atoms with Crippen LogP contribution in [0.5, 0.6) is 0 Å². The Hall–Kier alpha value is -3.43. The van der Waals surface area contributed by atoms with E-state index >= 15 is 0 Å². The first-order valence-electron chi connectivity index (χ1n) is 11.9. The summed E-state index contributed by atoms with van der Waals surface area (Å²) in [6.07, 6.45) is 4.10. The Morgan fingerprint density at radius 3 is 2.64 bits per heavy atom. The first-order valence-corrected chi connectivity index (χ1v) is 11.9. The molecule has 2 N–H and O–H groups in total. The summed E-state index contributed by atoms with van der Waals surface area (Å²) >= 11 is 0. The van der Waals surface area contributed by atoms with Crippen molar-refractivity contribution in [3.8, 4) is 6.07 Å². The average molecular weight is 441 g/mol. The van der Waals surface area contributed by atoms with Gasteiger partial charge < -0.3 is 15.5 Å². The van der Waals surface area contributed by atoms with Gasteiger partial charge in [0.15, 0.2) is 0 Å². The van der Waals surface area contributed by atoms with Gasteiger partial charge in [-0.3, -0.25) is 0 Å². The minimum absolute atomic E-state index is 0.434. The molecule has 1 aliphatic heterocycles. The van der Waals surface area contributed by atoms with Crippen LogP contribution in [0.25, 0.3) is 0 Å². The van der Waals surface area contributed by atoms with Gasteiger partial charge >= 0.3 is 0 Å². The van der Waals surface area contributed by atoms with Gasteiger partial charge in [0.25, 0.3) is 0 Å². The van der Waals surface area contributed by atoms with Crippen molar-refractivity contribution in [3.05, 3.63) is 77.0 Å². The summed E-state index contributed by atoms with van der Waals surface area (Å²) < 4.78 is 0. The molecule has 4 rings (SSSR count). The van der Waals surface area contributed by atoms with Gasteiger partial charge in [-0.05, 0) is 48.6 Å². The topological polar surface area (TPSA) is 76.9 Å². The maximum absolute atomic E-state index is 9.17. The van der Waals surface area contributed by atoms with Gasteiger partial charge in [-0.2, -0.15) is 10.2 Å². The molecule has 170 valence electrons. The second kappa shape index (κ2) is 10.9. The first kappa shape index (κ1) is 22.8. The van der Waals surface area contributed by atoms with E-state index in [4.69, 9.17) is 9.97 Å². The Morgan fingerprint density at radius 1 is 1.06 bits per heavy atom. The molecule has 0 aliphatic carbocycles. The lowest BCUT2D eigenvalue weighted by Crippen LogP contribution is -2.32. The van der Waals surface area contributed by atoms with Crippen LogP contribution >= 0.6 is 0 Å². The third kappa shape index (κ3) is 6.09. The fourth-order valence-electron chi connectivity index (χ4n) is 4.17. The second-order valence-electron chi connectivity index (χ2n) is 8.59. The van der Waals surface area contributed by atoms with E-state index in [1.54, 1.807) is 6.07 Å². The van der Waals surface area contributed by atoms with Gasteiger partial charge in [-0.1, -0.05) is 50.6 Å². The zero-order valence-electron chi connectivity index (χ0n) is 19.5. The fourth-order valence-corrected chi connectivity index (χ4v) is 4.17. The Balaban J connectivity index is 1.43. The standard InChI is InChI=1S/C27H32N6/c1-3-6-23-16-26(32-27(30-23)31-24-8-5-7-22(15-24)17-28)33-14-13-25(19-33)29-18-21-11-9-20(4-2)10-12-21/h5,7-12,15-16,25,29H,3-4,6,13-14,18-19H2,1-2H3,(H,30,31,32)/t25-/m0/s1. The summed E-state index contributed by atoms with van der Waals surface area (Å²) in [5.41, 5.74) is 5.17. The van der Waals surface area contributed by atoms with Crippen LogP contribution in [-0.4, -0.2) is 29.1 Å². The van der Waals surface area contributed by atoms with Crippen LogP contribution in [0.3, 0.4) is 0 Å². The van der Waals surface area contributed by atoms with E-state index < -0.39 is 0 Å². The number of anilines is 3. The summed E-state index contributed by atoms with van der Waals surface area (Å²) in [4.78, 5) is 11.9. The molecule has 1 atom stereocenters. The summed E-state index contributed by atoms with van der Waals surface area (Å²) in [5.74, 6) is 1.54. The highest BCUT2D eigenvalue weighted by molar-refractivity contribution is 5.58. The van der Waals surface area contributed by atoms with E-state index in [9.17, 15) is 5.26 Å². The number of hydrogen-bond donors (Lipinski definition) is 2. The fraction of sp³-hybridized carbons (Fsp3) is 0.370. The molecule has 2 heterocycles. The lowest BCUT2D eigenvalue weighted by molar-refractivity contribution is 0.551. The van der Waals surface area contributed by atoms with Crippen LogP contribution < -0.4 is 15.5 Å². The van der Waals surface area contributed by atoms with Crippen molar-refractivity contribution in [2.24, 2.45) is 0 Å². The molecule has 1 aromatic heterocycles. The molecule has 2 aromatic carbocycles. The number of aryl methyl sites for hydroxylation is 2. The Morgan fingerprint density at radius 2 is 1.88 bits per heavy atom. The summed E-state index contributed by atoms with van der Waals surface area (Å²) in [6.45, 7) is 7.13. The van der Waals surface area contributed by atoms with Crippen LogP contribution in [0.1, 0.15) is 49.1 Å². The quantitative estimate of drug-likeness (QED) is 0.489. The Kier molecular flexibility index (Phi) is 7.54. The summed E-state index contributed by atoms with van der Waals surface area (Å²) in [6, 6.07) is 21.0. The van der Waals surface area contributed by atoms with E-state index in [1.807, 2.05) is 18.2 Å². The molecule has 1 saturated heterocycles. The van der Waals surface area contributed by atoms with Crippen LogP contribution in [0.4, 0.5) is 17.5 Å². The van der Waals surface area contributed by atoms with Gasteiger partial charge in [0.2, 0.25) is 5.95 Å². The number of nitrogens with zero attached hydrogens (tertiary/aromatic N) is 4. The minimum atomic E-state index is 0.434. The van der Waals surface area contributed by atoms with Gasteiger partial charge in [-0.25, -0.2) is 4.98 Å². The van der Waals surface area contributed by atoms with Crippen LogP contribution in [0.2, 0.25) is 0 Å². The predicted molar refractivity (Wildman–Crippen MR) is 134 cm³/mol. The van der Waals surface area contributed by atoms with E-state index in [0.717, 1.165) is 62.5 Å². The Labute approximate surface area is 196 Å². The molecular formula is C27H32N6. The molecule has 0 amide bonds. The molecule has 6 nitrogen and oxygen atoms in total. The van der Waals surface area contributed by atoms with Gasteiger partial charge in [0.1, 0.15) is 5.82 Å². The van der Waals surface area contributed by atoms with Crippen molar-refractivity contribution in [3.63, 3.8) is 0 Å². The van der Waals surface area contributed by atoms with Gasteiger partial charge in [0, 0.05) is 43.1 Å². The van der Waals surface area contributed by atoms with Crippen molar-refractivity contribution in [2.75, 3.05) is 23.3 Å². The third-order valence-electron chi connectivity index (χ3n) is 6.06. The predicted octanol–water partition coefficient (Wildman–Crippen LogP) is 4.98. The highest BCUT2D eigenvalue weighted by atomic mass is 15.3. The molecular weight excluding hydrogens is 408 g/mol. The number of rotatable bonds is 9. The third-order valence-corrected chi connectivity index (χ3v) is 6.06. The van der Waals surface area contributed by atoms with Crippen molar-refractivity contribution >= 4 is 17.5 Å². The zero-order valence-corrected chi connectivity index (χ0v) is 19.5. The summed E-state index contributed by atoms with van der Waals surface area (Å²) in [5, 5.41) is 16.2. The molecule has 0 spiro atoms. The van der Waals surface area contributed by atoms with Crippen LogP contribution in [0.15, 0.2) is 54.6 Å². The monoisotopic (exact) mass is 440 g/mol. The molecule has 0 radical (unpaired) electrons. The molecule has 0 saturated carbocycles. The van der Waals surface area contributed by atoms with Gasteiger partial charge in [0.05, 0.1) is 11.6 Å². The van der Waals surface area contributed by atoms with E-state index in [2.05, 4.69) is 65.8 Å². The molecule has 33 heavy (non-hydrogen) atoms. The SMILES string of the molecule is CCCc1cc(N2CC[C@H](NCc3ccc(CC)cc3)C2)nc(Nc2cccc(C#N)c2)n1. The Bertz CT molecular complexity index is 1100. The number of hydrogen-bond acceptors (Lipinski definition) is 6. The maximum atomic E-state index is 9.17. The van der Waals surface area contributed by atoms with Crippen LogP contribution in [-0.2, 0) is 19.4 Å². The normalized spacial score (nSPS) is 15.4. The lowest BCUT2D eigenvalue weighted by atomic mass is 10.1. The van der Waals surface area contributed by atoms with Crippen molar-refractivity contribution in [2.45, 2.75) is 52.1 Å². The molecule has 0 unspecified atom stereocenters. The van der Waals surface area contributed by atoms with Gasteiger partial charge in [-0.15, -0.1) is 0 Å². The molecule has 1 fully saturated rings. The van der Waals surface area contributed by atoms with Crippen molar-refractivity contribution in [1.82, 2.24) is 15.3 Å². The number of nitriles is 1. The lowest BCUT2D eigenvalue weighted by Gasteiger charge is -2.20.